The molecule has 0 saturated carbocycles. The Labute approximate surface area is 221 Å². The van der Waals surface area contributed by atoms with Gasteiger partial charge in [-0.05, 0) is 44.0 Å². The van der Waals surface area contributed by atoms with E-state index in [4.69, 9.17) is 4.74 Å². The van der Waals surface area contributed by atoms with E-state index in [1.165, 1.54) is 35.2 Å². The Kier molecular flexibility index (Phi) is 6.64. The lowest BCUT2D eigenvalue weighted by Gasteiger charge is -2.41. The van der Waals surface area contributed by atoms with Crippen molar-refractivity contribution in [2.75, 3.05) is 0 Å². The molecule has 2 atom stereocenters. The van der Waals surface area contributed by atoms with Crippen molar-refractivity contribution in [3.8, 4) is 17.3 Å². The van der Waals surface area contributed by atoms with E-state index in [9.17, 15) is 18.3 Å². The number of nitrogens with one attached hydrogen (secondary N) is 1. The van der Waals surface area contributed by atoms with Gasteiger partial charge in [0, 0.05) is 29.7 Å². The molecule has 4 aromatic rings. The first-order chi connectivity index (χ1) is 18.1. The number of carbonyl (C=O) groups is 1. The standard InChI is InChI=1S/C28H28N4O5S/c1-4-18-10-12-21(13-11-18)38(35,36)31-23-22-16-20(17-30-26(22)37-28(2,3)24(23)33)27(34)32-15-14-29-25(32)19-8-6-5-7-9-19/h5-17,23-24,31,33H,4H2,1-3H3/t23-,24+/m1/s1. The summed E-state index contributed by atoms with van der Waals surface area (Å²) in [4.78, 5) is 22.2. The van der Waals surface area contributed by atoms with Gasteiger partial charge in [0.15, 0.2) is 0 Å². The molecule has 2 aromatic carbocycles. The Hall–Kier alpha value is -3.86. The minimum atomic E-state index is -4.02. The molecule has 3 heterocycles. The van der Waals surface area contributed by atoms with Gasteiger partial charge in [-0.2, -0.15) is 0 Å². The van der Waals surface area contributed by atoms with E-state index < -0.39 is 33.7 Å². The predicted molar refractivity (Wildman–Crippen MR) is 141 cm³/mol. The molecule has 2 aromatic heterocycles. The lowest BCUT2D eigenvalue weighted by atomic mass is 9.88. The molecule has 38 heavy (non-hydrogen) atoms. The summed E-state index contributed by atoms with van der Waals surface area (Å²) in [7, 11) is -4.02. The molecule has 196 valence electrons. The second kappa shape index (κ2) is 9.79. The SMILES string of the molecule is CCc1ccc(S(=O)(=O)N[C@@H]2c3cc(C(=O)n4ccnc4-c4ccccc4)cnc3OC(C)(C)[C@H]2O)cc1. The van der Waals surface area contributed by atoms with E-state index in [0.717, 1.165) is 17.5 Å². The lowest BCUT2D eigenvalue weighted by molar-refractivity contribution is -0.0632. The molecule has 0 radical (unpaired) electrons. The Morgan fingerprint density at radius 3 is 2.50 bits per heavy atom. The number of aliphatic hydroxyl groups excluding tert-OH is 1. The molecule has 0 saturated heterocycles. The van der Waals surface area contributed by atoms with Crippen LogP contribution in [0.2, 0.25) is 0 Å². The van der Waals surface area contributed by atoms with E-state index >= 15 is 0 Å². The topological polar surface area (TPSA) is 123 Å². The number of imidazole rings is 1. The second-order valence-corrected chi connectivity index (χ2v) is 11.4. The highest BCUT2D eigenvalue weighted by atomic mass is 32.2. The van der Waals surface area contributed by atoms with Gasteiger partial charge in [0.2, 0.25) is 15.9 Å². The summed E-state index contributed by atoms with van der Waals surface area (Å²) in [6, 6.07) is 16.2. The maximum Gasteiger partial charge on any atom is 0.265 e. The maximum atomic E-state index is 13.5. The van der Waals surface area contributed by atoms with Crippen molar-refractivity contribution in [1.82, 2.24) is 19.3 Å². The third kappa shape index (κ3) is 4.73. The van der Waals surface area contributed by atoms with Crippen LogP contribution in [0.4, 0.5) is 0 Å². The molecule has 0 aliphatic carbocycles. The molecule has 2 N–H and O–H groups in total. The van der Waals surface area contributed by atoms with Crippen molar-refractivity contribution in [1.29, 1.82) is 0 Å². The molecule has 0 fully saturated rings. The van der Waals surface area contributed by atoms with Gasteiger partial charge in [-0.1, -0.05) is 49.4 Å². The van der Waals surface area contributed by atoms with Gasteiger partial charge in [-0.15, -0.1) is 0 Å². The zero-order valence-electron chi connectivity index (χ0n) is 21.2. The quantitative estimate of drug-likeness (QED) is 0.388. The molecular formula is C28H28N4O5S. The third-order valence-corrected chi connectivity index (χ3v) is 8.12. The number of aliphatic hydroxyl groups is 1. The van der Waals surface area contributed by atoms with Gasteiger partial charge in [-0.3, -0.25) is 9.36 Å². The predicted octanol–water partition coefficient (Wildman–Crippen LogP) is 3.75. The fourth-order valence-electron chi connectivity index (χ4n) is 4.45. The summed E-state index contributed by atoms with van der Waals surface area (Å²) < 4.78 is 36.5. The number of aryl methyl sites for hydroxylation is 1. The van der Waals surface area contributed by atoms with Crippen molar-refractivity contribution in [3.63, 3.8) is 0 Å². The number of ether oxygens (including phenoxy) is 1. The van der Waals surface area contributed by atoms with Gasteiger partial charge in [0.25, 0.3) is 5.91 Å². The second-order valence-electron chi connectivity index (χ2n) is 9.66. The fraction of sp³-hybridized carbons (Fsp3) is 0.250. The van der Waals surface area contributed by atoms with E-state index in [1.807, 2.05) is 37.3 Å². The van der Waals surface area contributed by atoms with Crippen molar-refractivity contribution >= 4 is 15.9 Å². The lowest BCUT2D eigenvalue weighted by Crippen LogP contribution is -2.53. The Morgan fingerprint density at radius 1 is 1.11 bits per heavy atom. The first-order valence-corrected chi connectivity index (χ1v) is 13.7. The van der Waals surface area contributed by atoms with Crippen LogP contribution in [0.3, 0.4) is 0 Å². The van der Waals surface area contributed by atoms with Crippen LogP contribution >= 0.6 is 0 Å². The number of aromatic nitrogens is 3. The molecule has 0 unspecified atom stereocenters. The van der Waals surface area contributed by atoms with Crippen LogP contribution < -0.4 is 9.46 Å². The molecule has 1 aliphatic heterocycles. The third-order valence-electron chi connectivity index (χ3n) is 6.66. The average molecular weight is 533 g/mol. The first kappa shape index (κ1) is 25.8. The summed E-state index contributed by atoms with van der Waals surface area (Å²) in [5.41, 5.74) is 1.07. The van der Waals surface area contributed by atoms with Crippen LogP contribution in [0, 0.1) is 0 Å². The maximum absolute atomic E-state index is 13.5. The van der Waals surface area contributed by atoms with Gasteiger partial charge in [-0.25, -0.2) is 23.1 Å². The minimum Gasteiger partial charge on any atom is -0.469 e. The molecule has 0 amide bonds. The normalized spacial score (nSPS) is 18.4. The van der Waals surface area contributed by atoms with E-state index in [-0.39, 0.29) is 21.9 Å². The van der Waals surface area contributed by atoms with E-state index in [1.54, 1.807) is 32.2 Å². The molecule has 0 bridgehead atoms. The fourth-order valence-corrected chi connectivity index (χ4v) is 5.67. The highest BCUT2D eigenvalue weighted by Crippen LogP contribution is 2.40. The molecule has 10 heteroatoms. The van der Waals surface area contributed by atoms with Crippen molar-refractivity contribution < 1.29 is 23.1 Å². The average Bonchev–Trinajstić information content (AvgIpc) is 3.41. The smallest absolute Gasteiger partial charge is 0.265 e. The molecular weight excluding hydrogens is 504 g/mol. The summed E-state index contributed by atoms with van der Waals surface area (Å²) in [6.07, 6.45) is 3.97. The number of fused-ring (bicyclic) bond motifs is 1. The number of rotatable bonds is 6. The largest absolute Gasteiger partial charge is 0.469 e. The highest BCUT2D eigenvalue weighted by Gasteiger charge is 2.45. The summed E-state index contributed by atoms with van der Waals surface area (Å²) in [6.45, 7) is 5.28. The Bertz CT molecular complexity index is 1580. The number of benzene rings is 2. The number of carbonyl (C=O) groups excluding carboxylic acids is 1. The van der Waals surface area contributed by atoms with Crippen LogP contribution in [0.25, 0.3) is 11.4 Å². The van der Waals surface area contributed by atoms with Crippen molar-refractivity contribution in [2.24, 2.45) is 0 Å². The zero-order valence-corrected chi connectivity index (χ0v) is 22.0. The van der Waals surface area contributed by atoms with Gasteiger partial charge in [0.05, 0.1) is 16.5 Å². The summed E-state index contributed by atoms with van der Waals surface area (Å²) in [5, 5.41) is 11.2. The first-order valence-electron chi connectivity index (χ1n) is 12.2. The molecule has 0 spiro atoms. The van der Waals surface area contributed by atoms with Crippen molar-refractivity contribution in [3.05, 3.63) is 95.9 Å². The number of pyridine rings is 1. The van der Waals surface area contributed by atoms with Crippen LogP contribution in [0.15, 0.2) is 84.1 Å². The number of sulfonamides is 1. The molecule has 9 nitrogen and oxygen atoms in total. The Balaban J connectivity index is 1.53. The minimum absolute atomic E-state index is 0.0684. The van der Waals surface area contributed by atoms with Crippen LogP contribution in [-0.4, -0.2) is 45.7 Å². The molecule has 5 rings (SSSR count). The Morgan fingerprint density at radius 2 is 1.82 bits per heavy atom. The summed E-state index contributed by atoms with van der Waals surface area (Å²) >= 11 is 0. The summed E-state index contributed by atoms with van der Waals surface area (Å²) in [5.74, 6) is 0.186. The number of nitrogens with zero attached hydrogens (tertiary/aromatic N) is 3. The molecule has 1 aliphatic rings. The highest BCUT2D eigenvalue weighted by molar-refractivity contribution is 7.89. The van der Waals surface area contributed by atoms with E-state index in [2.05, 4.69) is 14.7 Å². The van der Waals surface area contributed by atoms with Crippen LogP contribution in [0.1, 0.15) is 48.3 Å². The van der Waals surface area contributed by atoms with Crippen LogP contribution in [0.5, 0.6) is 5.88 Å². The number of hydrogen-bond donors (Lipinski definition) is 2. The van der Waals surface area contributed by atoms with E-state index in [0.29, 0.717) is 5.82 Å². The number of hydrogen-bond acceptors (Lipinski definition) is 7. The van der Waals surface area contributed by atoms with Crippen molar-refractivity contribution in [2.45, 2.75) is 49.8 Å². The van der Waals surface area contributed by atoms with Crippen LogP contribution in [-0.2, 0) is 16.4 Å². The van der Waals surface area contributed by atoms with Gasteiger partial charge in [0.1, 0.15) is 17.5 Å². The van der Waals surface area contributed by atoms with Gasteiger partial charge < -0.3 is 9.84 Å². The zero-order chi connectivity index (χ0) is 27.1. The van der Waals surface area contributed by atoms with Gasteiger partial charge >= 0.3 is 0 Å². The monoisotopic (exact) mass is 532 g/mol.